The zero-order chi connectivity index (χ0) is 14.6. The highest BCUT2D eigenvalue weighted by Crippen LogP contribution is 2.27. The van der Waals surface area contributed by atoms with E-state index in [-0.39, 0.29) is 6.09 Å². The van der Waals surface area contributed by atoms with Crippen LogP contribution in [0.2, 0.25) is 0 Å². The maximum atomic E-state index is 12.1. The fraction of sp³-hybridized carbons (Fsp3) is 0.714. The molecule has 1 amide bonds. The molecule has 1 aromatic heterocycles. The summed E-state index contributed by atoms with van der Waals surface area (Å²) in [5.74, 6) is 0.792. The molecule has 0 atom stereocenters. The van der Waals surface area contributed by atoms with Crippen LogP contribution in [0.1, 0.15) is 39.4 Å². The number of rotatable bonds is 6. The molecule has 6 nitrogen and oxygen atoms in total. The van der Waals surface area contributed by atoms with Gasteiger partial charge >= 0.3 is 6.09 Å². The van der Waals surface area contributed by atoms with Crippen LogP contribution in [-0.4, -0.2) is 40.7 Å². The van der Waals surface area contributed by atoms with E-state index >= 15 is 0 Å². The second kappa shape index (κ2) is 6.26. The van der Waals surface area contributed by atoms with E-state index in [1.54, 1.807) is 6.20 Å². The Kier molecular flexibility index (Phi) is 4.65. The van der Waals surface area contributed by atoms with Gasteiger partial charge < -0.3 is 19.4 Å². The molecule has 112 valence electrons. The maximum absolute atomic E-state index is 12.1. The second-order valence-electron chi connectivity index (χ2n) is 6.05. The van der Waals surface area contributed by atoms with Gasteiger partial charge in [0.25, 0.3) is 0 Å². The van der Waals surface area contributed by atoms with Crippen LogP contribution in [0.5, 0.6) is 0 Å². The third-order valence-electron chi connectivity index (χ3n) is 2.93. The van der Waals surface area contributed by atoms with Crippen LogP contribution in [0.3, 0.4) is 0 Å². The summed E-state index contributed by atoms with van der Waals surface area (Å²) in [5, 5.41) is 3.24. The first-order valence-electron chi connectivity index (χ1n) is 7.03. The summed E-state index contributed by atoms with van der Waals surface area (Å²) in [6, 6.07) is 0.344. The summed E-state index contributed by atoms with van der Waals surface area (Å²) >= 11 is 0. The fourth-order valence-corrected chi connectivity index (χ4v) is 1.87. The van der Waals surface area contributed by atoms with Crippen LogP contribution in [0, 0.1) is 0 Å². The van der Waals surface area contributed by atoms with E-state index in [1.807, 2.05) is 25.7 Å². The number of nitrogens with zero attached hydrogens (tertiary/aromatic N) is 2. The predicted octanol–water partition coefficient (Wildman–Crippen LogP) is 2.16. The van der Waals surface area contributed by atoms with E-state index in [9.17, 15) is 4.79 Å². The fourth-order valence-electron chi connectivity index (χ4n) is 1.87. The monoisotopic (exact) mass is 281 g/mol. The molecule has 0 aromatic carbocycles. The van der Waals surface area contributed by atoms with Gasteiger partial charge in [0.05, 0.1) is 12.7 Å². The number of amides is 1. The first-order chi connectivity index (χ1) is 9.46. The Morgan fingerprint density at radius 3 is 2.85 bits per heavy atom. The predicted molar refractivity (Wildman–Crippen MR) is 74.2 cm³/mol. The Hall–Kier alpha value is -1.56. The SMILES string of the molecule is CC(C)(C)OC(=O)N(CCNCc1cnco1)C1CC1. The van der Waals surface area contributed by atoms with Crippen LogP contribution in [0.15, 0.2) is 17.0 Å². The minimum atomic E-state index is -0.447. The van der Waals surface area contributed by atoms with Gasteiger partial charge in [-0.05, 0) is 33.6 Å². The van der Waals surface area contributed by atoms with Gasteiger partial charge in [0, 0.05) is 19.1 Å². The smallest absolute Gasteiger partial charge is 0.410 e. The van der Waals surface area contributed by atoms with Gasteiger partial charge in [-0.15, -0.1) is 0 Å². The molecule has 6 heteroatoms. The summed E-state index contributed by atoms with van der Waals surface area (Å²) in [7, 11) is 0. The third-order valence-corrected chi connectivity index (χ3v) is 2.93. The van der Waals surface area contributed by atoms with Crippen molar-refractivity contribution in [1.82, 2.24) is 15.2 Å². The molecule has 0 bridgehead atoms. The van der Waals surface area contributed by atoms with Crippen LogP contribution < -0.4 is 5.32 Å². The van der Waals surface area contributed by atoms with Crippen molar-refractivity contribution in [1.29, 1.82) is 0 Å². The van der Waals surface area contributed by atoms with E-state index < -0.39 is 5.60 Å². The van der Waals surface area contributed by atoms with E-state index in [0.29, 0.717) is 25.7 Å². The molecule has 1 aliphatic rings. The minimum Gasteiger partial charge on any atom is -0.447 e. The summed E-state index contributed by atoms with van der Waals surface area (Å²) in [6.45, 7) is 7.63. The Bertz CT molecular complexity index is 421. The lowest BCUT2D eigenvalue weighted by molar-refractivity contribution is 0.0236. The topological polar surface area (TPSA) is 67.6 Å². The number of aromatic nitrogens is 1. The molecule has 0 aliphatic heterocycles. The molecule has 1 fully saturated rings. The Morgan fingerprint density at radius 2 is 2.30 bits per heavy atom. The van der Waals surface area contributed by atoms with Crippen LogP contribution >= 0.6 is 0 Å². The first-order valence-corrected chi connectivity index (χ1v) is 7.03. The Balaban J connectivity index is 1.73. The Morgan fingerprint density at radius 1 is 1.55 bits per heavy atom. The van der Waals surface area contributed by atoms with Crippen molar-refractivity contribution >= 4 is 6.09 Å². The highest BCUT2D eigenvalue weighted by molar-refractivity contribution is 5.69. The van der Waals surface area contributed by atoms with Crippen molar-refractivity contribution in [3.63, 3.8) is 0 Å². The molecule has 0 spiro atoms. The second-order valence-corrected chi connectivity index (χ2v) is 6.05. The summed E-state index contributed by atoms with van der Waals surface area (Å²) in [5.41, 5.74) is -0.447. The average molecular weight is 281 g/mol. The van der Waals surface area contributed by atoms with Crippen molar-refractivity contribution in [3.05, 3.63) is 18.4 Å². The standard InChI is InChI=1S/C14H23N3O3/c1-14(2,3)20-13(18)17(11-4-5-11)7-6-15-8-12-9-16-10-19-12/h9-11,15H,4-8H2,1-3H3. The molecule has 1 saturated carbocycles. The molecule has 1 heterocycles. The normalized spacial score (nSPS) is 15.2. The zero-order valence-corrected chi connectivity index (χ0v) is 12.4. The van der Waals surface area contributed by atoms with Gasteiger partial charge in [-0.1, -0.05) is 0 Å². The number of oxazole rings is 1. The van der Waals surface area contributed by atoms with Gasteiger partial charge in [0.1, 0.15) is 11.4 Å². The van der Waals surface area contributed by atoms with Crippen molar-refractivity contribution < 1.29 is 13.9 Å². The van der Waals surface area contributed by atoms with Gasteiger partial charge in [0.2, 0.25) is 0 Å². The molecular formula is C14H23N3O3. The largest absolute Gasteiger partial charge is 0.447 e. The first kappa shape index (κ1) is 14.8. The van der Waals surface area contributed by atoms with E-state index in [0.717, 1.165) is 18.6 Å². The highest BCUT2D eigenvalue weighted by Gasteiger charge is 2.34. The molecule has 0 saturated heterocycles. The molecule has 1 aliphatic carbocycles. The Labute approximate surface area is 119 Å². The number of hydrogen-bond acceptors (Lipinski definition) is 5. The third kappa shape index (κ3) is 4.85. The lowest BCUT2D eigenvalue weighted by atomic mass is 10.2. The van der Waals surface area contributed by atoms with Gasteiger partial charge in [-0.3, -0.25) is 0 Å². The van der Waals surface area contributed by atoms with Crippen molar-refractivity contribution in [2.45, 2.75) is 51.8 Å². The van der Waals surface area contributed by atoms with E-state index in [2.05, 4.69) is 10.3 Å². The zero-order valence-electron chi connectivity index (χ0n) is 12.4. The molecule has 0 radical (unpaired) electrons. The molecule has 1 N–H and O–H groups in total. The lowest BCUT2D eigenvalue weighted by Gasteiger charge is -2.27. The van der Waals surface area contributed by atoms with Crippen LogP contribution in [0.25, 0.3) is 0 Å². The maximum Gasteiger partial charge on any atom is 0.410 e. The van der Waals surface area contributed by atoms with Crippen molar-refractivity contribution in [3.8, 4) is 0 Å². The molecule has 20 heavy (non-hydrogen) atoms. The number of carbonyl (C=O) groups excluding carboxylic acids is 1. The molecule has 1 aromatic rings. The summed E-state index contributed by atoms with van der Waals surface area (Å²) < 4.78 is 10.6. The van der Waals surface area contributed by atoms with Gasteiger partial charge in [-0.25, -0.2) is 9.78 Å². The average Bonchev–Trinajstić information content (AvgIpc) is 3.03. The van der Waals surface area contributed by atoms with Gasteiger partial charge in [-0.2, -0.15) is 0 Å². The number of ether oxygens (including phenoxy) is 1. The van der Waals surface area contributed by atoms with Crippen molar-refractivity contribution in [2.75, 3.05) is 13.1 Å². The van der Waals surface area contributed by atoms with Crippen LogP contribution in [-0.2, 0) is 11.3 Å². The van der Waals surface area contributed by atoms with Crippen molar-refractivity contribution in [2.24, 2.45) is 0 Å². The summed E-state index contributed by atoms with van der Waals surface area (Å²) in [4.78, 5) is 17.8. The van der Waals surface area contributed by atoms with Crippen LogP contribution in [0.4, 0.5) is 4.79 Å². The quantitative estimate of drug-likeness (QED) is 0.809. The minimum absolute atomic E-state index is 0.221. The number of hydrogen-bond donors (Lipinski definition) is 1. The molecule has 0 unspecified atom stereocenters. The van der Waals surface area contributed by atoms with Gasteiger partial charge in [0.15, 0.2) is 6.39 Å². The highest BCUT2D eigenvalue weighted by atomic mass is 16.6. The number of nitrogens with one attached hydrogen (secondary N) is 1. The van der Waals surface area contributed by atoms with E-state index in [1.165, 1.54) is 6.39 Å². The van der Waals surface area contributed by atoms with E-state index in [4.69, 9.17) is 9.15 Å². The molecule has 2 rings (SSSR count). The lowest BCUT2D eigenvalue weighted by Crippen LogP contribution is -2.41. The summed E-state index contributed by atoms with van der Waals surface area (Å²) in [6.07, 6.45) is 5.01. The molecular weight excluding hydrogens is 258 g/mol. The number of carbonyl (C=O) groups is 1.